The Kier molecular flexibility index (Phi) is 6.91. The van der Waals surface area contributed by atoms with Gasteiger partial charge in [0, 0.05) is 6.54 Å². The number of benzene rings is 2. The topological polar surface area (TPSA) is 21.3 Å². The van der Waals surface area contributed by atoms with Gasteiger partial charge in [0.2, 0.25) is 0 Å². The Labute approximate surface area is 132 Å². The molecule has 2 rings (SSSR count). The third-order valence-corrected chi connectivity index (χ3v) is 3.50. The van der Waals surface area contributed by atoms with Crippen molar-refractivity contribution in [2.75, 3.05) is 6.54 Å². The van der Waals surface area contributed by atoms with Crippen LogP contribution in [0.4, 0.5) is 4.39 Å². The Morgan fingerprint density at radius 2 is 1.82 bits per heavy atom. The highest BCUT2D eigenvalue weighted by atomic mass is 19.1. The van der Waals surface area contributed by atoms with Crippen LogP contribution in [0.1, 0.15) is 37.3 Å². The predicted octanol–water partition coefficient (Wildman–Crippen LogP) is 4.68. The summed E-state index contributed by atoms with van der Waals surface area (Å²) in [6, 6.07) is 14.5. The first-order valence-electron chi connectivity index (χ1n) is 7.95. The fraction of sp³-hybridized carbons (Fsp3) is 0.368. The van der Waals surface area contributed by atoms with Gasteiger partial charge in [-0.05, 0) is 48.4 Å². The summed E-state index contributed by atoms with van der Waals surface area (Å²) in [7, 11) is 0. The second kappa shape index (κ2) is 9.21. The van der Waals surface area contributed by atoms with Crippen LogP contribution in [0.5, 0.6) is 5.75 Å². The Morgan fingerprint density at radius 3 is 2.59 bits per heavy atom. The minimum atomic E-state index is -0.222. The molecule has 0 saturated carbocycles. The van der Waals surface area contributed by atoms with E-state index in [4.69, 9.17) is 4.74 Å². The molecule has 2 nitrogen and oxygen atoms in total. The molecule has 0 saturated heterocycles. The molecule has 0 fully saturated rings. The summed E-state index contributed by atoms with van der Waals surface area (Å²) in [5, 5.41) is 3.45. The van der Waals surface area contributed by atoms with Crippen LogP contribution < -0.4 is 10.1 Å². The van der Waals surface area contributed by atoms with E-state index in [2.05, 4.69) is 24.4 Å². The van der Waals surface area contributed by atoms with E-state index in [1.165, 1.54) is 37.0 Å². The lowest BCUT2D eigenvalue weighted by molar-refractivity contribution is 0.305. The van der Waals surface area contributed by atoms with Crippen molar-refractivity contribution in [1.82, 2.24) is 5.32 Å². The van der Waals surface area contributed by atoms with Crippen molar-refractivity contribution in [3.8, 4) is 5.75 Å². The molecule has 0 aliphatic carbocycles. The second-order valence-electron chi connectivity index (χ2n) is 5.45. The first-order chi connectivity index (χ1) is 10.8. The number of hydrogen-bond donors (Lipinski definition) is 1. The van der Waals surface area contributed by atoms with Crippen molar-refractivity contribution >= 4 is 0 Å². The van der Waals surface area contributed by atoms with E-state index in [1.807, 2.05) is 12.1 Å². The molecule has 0 aromatic heterocycles. The maximum absolute atomic E-state index is 12.9. The normalized spacial score (nSPS) is 10.6. The second-order valence-corrected chi connectivity index (χ2v) is 5.45. The van der Waals surface area contributed by atoms with E-state index in [0.29, 0.717) is 6.61 Å². The fourth-order valence-electron chi connectivity index (χ4n) is 2.23. The maximum atomic E-state index is 12.9. The van der Waals surface area contributed by atoms with E-state index in [9.17, 15) is 4.39 Å². The molecule has 0 bridgehead atoms. The van der Waals surface area contributed by atoms with Crippen LogP contribution in [0.25, 0.3) is 0 Å². The Bertz CT molecular complexity index is 554. The first-order valence-corrected chi connectivity index (χ1v) is 7.95. The van der Waals surface area contributed by atoms with E-state index >= 15 is 0 Å². The van der Waals surface area contributed by atoms with E-state index < -0.39 is 0 Å². The molecule has 0 heterocycles. The molecule has 0 aliphatic heterocycles. The van der Waals surface area contributed by atoms with E-state index in [0.717, 1.165) is 24.4 Å². The predicted molar refractivity (Wildman–Crippen MR) is 88.4 cm³/mol. The van der Waals surface area contributed by atoms with Crippen LogP contribution in [-0.4, -0.2) is 6.54 Å². The van der Waals surface area contributed by atoms with Crippen LogP contribution in [0, 0.1) is 5.82 Å². The smallest absolute Gasteiger partial charge is 0.123 e. The van der Waals surface area contributed by atoms with Gasteiger partial charge in [-0.2, -0.15) is 0 Å². The maximum Gasteiger partial charge on any atom is 0.123 e. The highest BCUT2D eigenvalue weighted by molar-refractivity contribution is 5.29. The van der Waals surface area contributed by atoms with E-state index in [1.54, 1.807) is 12.1 Å². The zero-order valence-corrected chi connectivity index (χ0v) is 13.1. The zero-order valence-electron chi connectivity index (χ0n) is 13.1. The Balaban J connectivity index is 1.79. The molecule has 0 unspecified atom stereocenters. The number of nitrogens with one attached hydrogen (secondary N) is 1. The average molecular weight is 301 g/mol. The third-order valence-electron chi connectivity index (χ3n) is 3.50. The molecule has 118 valence electrons. The molecule has 22 heavy (non-hydrogen) atoms. The lowest BCUT2D eigenvalue weighted by Gasteiger charge is -2.09. The summed E-state index contributed by atoms with van der Waals surface area (Å²) in [5.41, 5.74) is 2.18. The monoisotopic (exact) mass is 301 g/mol. The highest BCUT2D eigenvalue weighted by Crippen LogP contribution is 2.15. The number of rotatable bonds is 9. The SMILES string of the molecule is CCCCCNCc1cccc(OCc2ccc(F)cc2)c1. The minimum absolute atomic E-state index is 0.222. The molecule has 0 spiro atoms. The molecule has 0 amide bonds. The van der Waals surface area contributed by atoms with Gasteiger partial charge < -0.3 is 10.1 Å². The summed E-state index contributed by atoms with van der Waals surface area (Å²) < 4.78 is 18.6. The van der Waals surface area contributed by atoms with Crippen molar-refractivity contribution in [2.24, 2.45) is 0 Å². The highest BCUT2D eigenvalue weighted by Gasteiger charge is 1.99. The lowest BCUT2D eigenvalue weighted by Crippen LogP contribution is -2.14. The Hall–Kier alpha value is -1.87. The van der Waals surface area contributed by atoms with Crippen molar-refractivity contribution in [3.63, 3.8) is 0 Å². The summed E-state index contributed by atoms with van der Waals surface area (Å²) in [4.78, 5) is 0. The number of hydrogen-bond acceptors (Lipinski definition) is 2. The van der Waals surface area contributed by atoms with Gasteiger partial charge in [-0.1, -0.05) is 44.0 Å². The minimum Gasteiger partial charge on any atom is -0.489 e. The first kappa shape index (κ1) is 16.5. The molecule has 1 N–H and O–H groups in total. The zero-order chi connectivity index (χ0) is 15.6. The van der Waals surface area contributed by atoms with Gasteiger partial charge in [0.1, 0.15) is 18.2 Å². The fourth-order valence-corrected chi connectivity index (χ4v) is 2.23. The van der Waals surface area contributed by atoms with Crippen molar-refractivity contribution in [1.29, 1.82) is 0 Å². The molecular weight excluding hydrogens is 277 g/mol. The molecule has 0 atom stereocenters. The standard InChI is InChI=1S/C19H24FNO/c1-2-3-4-12-21-14-17-6-5-7-19(13-17)22-15-16-8-10-18(20)11-9-16/h5-11,13,21H,2-4,12,14-15H2,1H3. The third kappa shape index (κ3) is 5.86. The quantitative estimate of drug-likeness (QED) is 0.679. The van der Waals surface area contributed by atoms with Gasteiger partial charge in [0.25, 0.3) is 0 Å². The van der Waals surface area contributed by atoms with Crippen molar-refractivity contribution in [3.05, 3.63) is 65.5 Å². The van der Waals surface area contributed by atoms with Crippen LogP contribution >= 0.6 is 0 Å². The van der Waals surface area contributed by atoms with Crippen LogP contribution in [0.2, 0.25) is 0 Å². The summed E-state index contributed by atoms with van der Waals surface area (Å²) in [5.74, 6) is 0.622. The molecule has 0 aliphatic rings. The van der Waals surface area contributed by atoms with Gasteiger partial charge in [-0.25, -0.2) is 4.39 Å². The van der Waals surface area contributed by atoms with Crippen LogP contribution in [-0.2, 0) is 13.2 Å². The van der Waals surface area contributed by atoms with Gasteiger partial charge in [0.05, 0.1) is 0 Å². The largest absolute Gasteiger partial charge is 0.489 e. The number of unbranched alkanes of at least 4 members (excludes halogenated alkanes) is 2. The Morgan fingerprint density at radius 1 is 1.00 bits per heavy atom. The van der Waals surface area contributed by atoms with Crippen LogP contribution in [0.3, 0.4) is 0 Å². The summed E-state index contributed by atoms with van der Waals surface area (Å²) in [6.45, 7) is 4.57. The van der Waals surface area contributed by atoms with Crippen LogP contribution in [0.15, 0.2) is 48.5 Å². The lowest BCUT2D eigenvalue weighted by atomic mass is 10.2. The molecule has 2 aromatic carbocycles. The van der Waals surface area contributed by atoms with Gasteiger partial charge in [-0.3, -0.25) is 0 Å². The number of ether oxygens (including phenoxy) is 1. The summed E-state index contributed by atoms with van der Waals surface area (Å²) in [6.07, 6.45) is 3.74. The van der Waals surface area contributed by atoms with Crippen molar-refractivity contribution < 1.29 is 9.13 Å². The summed E-state index contributed by atoms with van der Waals surface area (Å²) >= 11 is 0. The molecule has 2 aromatic rings. The average Bonchev–Trinajstić information content (AvgIpc) is 2.55. The van der Waals surface area contributed by atoms with E-state index in [-0.39, 0.29) is 5.82 Å². The molecule has 0 radical (unpaired) electrons. The van der Waals surface area contributed by atoms with Crippen molar-refractivity contribution in [2.45, 2.75) is 39.3 Å². The van der Waals surface area contributed by atoms with Gasteiger partial charge in [0.15, 0.2) is 0 Å². The molecular formula is C19H24FNO. The molecule has 3 heteroatoms. The van der Waals surface area contributed by atoms with Gasteiger partial charge >= 0.3 is 0 Å². The van der Waals surface area contributed by atoms with Gasteiger partial charge in [-0.15, -0.1) is 0 Å². The number of halogens is 1.